The van der Waals surface area contributed by atoms with Crippen LogP contribution in [0.2, 0.25) is 0 Å². The molecule has 3 heteroatoms. The van der Waals surface area contributed by atoms with Crippen LogP contribution in [0.15, 0.2) is 30.3 Å². The average molecular weight is 246 g/mol. The molecule has 0 aliphatic heterocycles. The van der Waals surface area contributed by atoms with Crippen molar-refractivity contribution in [3.05, 3.63) is 30.3 Å². The molecule has 1 fully saturated rings. The molecule has 1 N–H and O–H groups in total. The molecule has 0 atom stereocenters. The van der Waals surface area contributed by atoms with Crippen LogP contribution in [0.25, 0.3) is 0 Å². The lowest BCUT2D eigenvalue weighted by molar-refractivity contribution is -0.117. The minimum Gasteiger partial charge on any atom is -0.311 e. The highest BCUT2D eigenvalue weighted by atomic mass is 16.2. The van der Waals surface area contributed by atoms with Crippen LogP contribution in [0.4, 0.5) is 5.69 Å². The smallest absolute Gasteiger partial charge is 0.240 e. The first-order valence-corrected chi connectivity index (χ1v) is 6.90. The Morgan fingerprint density at radius 2 is 2.06 bits per heavy atom. The van der Waals surface area contributed by atoms with Crippen molar-refractivity contribution in [2.75, 3.05) is 18.0 Å². The van der Waals surface area contributed by atoms with Crippen LogP contribution in [0.1, 0.15) is 32.6 Å². The fraction of sp³-hybridized carbons (Fsp3) is 0.533. The first-order chi connectivity index (χ1) is 8.81. The highest BCUT2D eigenvalue weighted by Gasteiger charge is 2.23. The quantitative estimate of drug-likeness (QED) is 0.802. The first-order valence-electron chi connectivity index (χ1n) is 6.90. The summed E-state index contributed by atoms with van der Waals surface area (Å²) >= 11 is 0. The number of hydrogen-bond acceptors (Lipinski definition) is 2. The van der Waals surface area contributed by atoms with Gasteiger partial charge in [0.1, 0.15) is 0 Å². The summed E-state index contributed by atoms with van der Waals surface area (Å²) in [6, 6.07) is 10.5. The van der Waals surface area contributed by atoms with Gasteiger partial charge in [-0.1, -0.05) is 31.5 Å². The topological polar surface area (TPSA) is 32.3 Å². The Hall–Kier alpha value is -1.35. The minimum absolute atomic E-state index is 0.182. The fourth-order valence-corrected chi connectivity index (χ4v) is 1.94. The molecule has 98 valence electrons. The number of nitrogens with zero attached hydrogens (tertiary/aromatic N) is 1. The van der Waals surface area contributed by atoms with Crippen molar-refractivity contribution in [2.24, 2.45) is 0 Å². The number of rotatable bonds is 7. The van der Waals surface area contributed by atoms with E-state index in [1.54, 1.807) is 0 Å². The summed E-state index contributed by atoms with van der Waals surface area (Å²) in [5.41, 5.74) is 1.01. The second kappa shape index (κ2) is 6.55. The lowest BCUT2D eigenvalue weighted by Crippen LogP contribution is -2.39. The number of hydrogen-bond donors (Lipinski definition) is 1. The van der Waals surface area contributed by atoms with Crippen LogP contribution in [0, 0.1) is 0 Å². The van der Waals surface area contributed by atoms with Gasteiger partial charge in [-0.25, -0.2) is 0 Å². The zero-order valence-corrected chi connectivity index (χ0v) is 11.1. The summed E-state index contributed by atoms with van der Waals surface area (Å²) in [5.74, 6) is 0.182. The van der Waals surface area contributed by atoms with Gasteiger partial charge in [0, 0.05) is 18.3 Å². The molecule has 0 saturated heterocycles. The Morgan fingerprint density at radius 1 is 1.33 bits per heavy atom. The molecular weight excluding hydrogens is 224 g/mol. The number of unbranched alkanes of at least 4 members (excludes halogenated alkanes) is 1. The predicted octanol–water partition coefficient (Wildman–Crippen LogP) is 2.57. The lowest BCUT2D eigenvalue weighted by atomic mass is 10.2. The third-order valence-electron chi connectivity index (χ3n) is 3.22. The van der Waals surface area contributed by atoms with Crippen molar-refractivity contribution < 1.29 is 4.79 Å². The van der Waals surface area contributed by atoms with Gasteiger partial charge in [0.15, 0.2) is 0 Å². The van der Waals surface area contributed by atoms with Gasteiger partial charge < -0.3 is 10.2 Å². The van der Waals surface area contributed by atoms with Crippen LogP contribution in [0.5, 0.6) is 0 Å². The van der Waals surface area contributed by atoms with Crippen LogP contribution in [-0.2, 0) is 4.79 Å². The van der Waals surface area contributed by atoms with Gasteiger partial charge >= 0.3 is 0 Å². The number of anilines is 1. The maximum atomic E-state index is 12.2. The Bertz CT molecular complexity index is 373. The van der Waals surface area contributed by atoms with Crippen molar-refractivity contribution in [3.63, 3.8) is 0 Å². The summed E-state index contributed by atoms with van der Waals surface area (Å²) in [5, 5.41) is 3.29. The van der Waals surface area contributed by atoms with E-state index in [4.69, 9.17) is 0 Å². The van der Waals surface area contributed by atoms with Crippen molar-refractivity contribution in [1.82, 2.24) is 5.32 Å². The van der Waals surface area contributed by atoms with Gasteiger partial charge in [-0.3, -0.25) is 4.79 Å². The van der Waals surface area contributed by atoms with Gasteiger partial charge in [0.2, 0.25) is 5.91 Å². The van der Waals surface area contributed by atoms with E-state index < -0.39 is 0 Å². The largest absolute Gasteiger partial charge is 0.311 e. The van der Waals surface area contributed by atoms with Crippen molar-refractivity contribution in [3.8, 4) is 0 Å². The molecule has 0 bridgehead atoms. The number of carbonyl (C=O) groups excluding carboxylic acids is 1. The number of carbonyl (C=O) groups is 1. The van der Waals surface area contributed by atoms with Gasteiger partial charge in [-0.2, -0.15) is 0 Å². The highest BCUT2D eigenvalue weighted by molar-refractivity contribution is 5.94. The van der Waals surface area contributed by atoms with E-state index in [0.29, 0.717) is 12.6 Å². The third kappa shape index (κ3) is 3.84. The standard InChI is InChI=1S/C15H22N2O/c1-2-3-11-17(14-7-5-4-6-8-14)15(18)12-16-13-9-10-13/h4-8,13,16H,2-3,9-12H2,1H3. The van der Waals surface area contributed by atoms with E-state index in [0.717, 1.165) is 25.1 Å². The Balaban J connectivity index is 1.96. The molecule has 1 saturated carbocycles. The predicted molar refractivity (Wildman–Crippen MR) is 74.7 cm³/mol. The number of amides is 1. The molecular formula is C15H22N2O. The summed E-state index contributed by atoms with van der Waals surface area (Å²) in [7, 11) is 0. The third-order valence-corrected chi connectivity index (χ3v) is 3.22. The highest BCUT2D eigenvalue weighted by Crippen LogP contribution is 2.19. The molecule has 0 unspecified atom stereocenters. The van der Waals surface area contributed by atoms with Crippen LogP contribution >= 0.6 is 0 Å². The number of para-hydroxylation sites is 1. The van der Waals surface area contributed by atoms with E-state index in [2.05, 4.69) is 12.2 Å². The first kappa shape index (κ1) is 13.1. The van der Waals surface area contributed by atoms with Crippen molar-refractivity contribution in [1.29, 1.82) is 0 Å². The molecule has 1 aliphatic rings. The molecule has 1 aromatic carbocycles. The van der Waals surface area contributed by atoms with Crippen molar-refractivity contribution in [2.45, 2.75) is 38.6 Å². The SMILES string of the molecule is CCCCN(C(=O)CNC1CC1)c1ccccc1. The van der Waals surface area contributed by atoms with Crippen LogP contribution in [0.3, 0.4) is 0 Å². The van der Waals surface area contributed by atoms with Crippen LogP contribution in [-0.4, -0.2) is 25.0 Å². The molecule has 18 heavy (non-hydrogen) atoms. The van der Waals surface area contributed by atoms with E-state index in [1.807, 2.05) is 35.2 Å². The molecule has 0 aromatic heterocycles. The zero-order valence-electron chi connectivity index (χ0n) is 11.1. The van der Waals surface area contributed by atoms with Gasteiger partial charge in [-0.05, 0) is 31.4 Å². The fourth-order valence-electron chi connectivity index (χ4n) is 1.94. The van der Waals surface area contributed by atoms with E-state index in [9.17, 15) is 4.79 Å². The normalized spacial score (nSPS) is 14.5. The van der Waals surface area contributed by atoms with Gasteiger partial charge in [0.25, 0.3) is 0 Å². The molecule has 1 amide bonds. The number of nitrogens with one attached hydrogen (secondary N) is 1. The maximum Gasteiger partial charge on any atom is 0.240 e. The average Bonchev–Trinajstić information content (AvgIpc) is 3.22. The van der Waals surface area contributed by atoms with E-state index >= 15 is 0 Å². The summed E-state index contributed by atoms with van der Waals surface area (Å²) in [6.07, 6.45) is 4.58. The summed E-state index contributed by atoms with van der Waals surface area (Å²) < 4.78 is 0. The minimum atomic E-state index is 0.182. The summed E-state index contributed by atoms with van der Waals surface area (Å²) in [4.78, 5) is 14.1. The lowest BCUT2D eigenvalue weighted by Gasteiger charge is -2.23. The molecule has 0 spiro atoms. The van der Waals surface area contributed by atoms with Gasteiger partial charge in [0.05, 0.1) is 6.54 Å². The van der Waals surface area contributed by atoms with Crippen LogP contribution < -0.4 is 10.2 Å². The number of benzene rings is 1. The zero-order chi connectivity index (χ0) is 12.8. The monoisotopic (exact) mass is 246 g/mol. The van der Waals surface area contributed by atoms with Gasteiger partial charge in [-0.15, -0.1) is 0 Å². The van der Waals surface area contributed by atoms with E-state index in [1.165, 1.54) is 12.8 Å². The molecule has 3 nitrogen and oxygen atoms in total. The van der Waals surface area contributed by atoms with E-state index in [-0.39, 0.29) is 5.91 Å². The Labute approximate surface area is 109 Å². The molecule has 2 rings (SSSR count). The summed E-state index contributed by atoms with van der Waals surface area (Å²) in [6.45, 7) is 3.42. The second-order valence-corrected chi connectivity index (χ2v) is 4.89. The molecule has 0 radical (unpaired) electrons. The van der Waals surface area contributed by atoms with Crippen molar-refractivity contribution >= 4 is 11.6 Å². The molecule has 0 heterocycles. The Kier molecular flexibility index (Phi) is 4.76. The molecule has 1 aromatic rings. The second-order valence-electron chi connectivity index (χ2n) is 4.89. The Morgan fingerprint density at radius 3 is 2.67 bits per heavy atom. The molecule has 1 aliphatic carbocycles. The maximum absolute atomic E-state index is 12.2.